The fourth-order valence-electron chi connectivity index (χ4n) is 1.23. The summed E-state index contributed by atoms with van der Waals surface area (Å²) in [5.41, 5.74) is -0.589. The summed E-state index contributed by atoms with van der Waals surface area (Å²) in [5, 5.41) is 19.0. The number of benzene rings is 1. The van der Waals surface area contributed by atoms with Crippen molar-refractivity contribution in [2.45, 2.75) is 32.5 Å². The molecule has 0 bridgehead atoms. The average Bonchev–Trinajstić information content (AvgIpc) is 2.14. The second-order valence-corrected chi connectivity index (χ2v) is 4.46. The largest absolute Gasteiger partial charge is 0.490 e. The molecule has 0 aromatic heterocycles. The van der Waals surface area contributed by atoms with Gasteiger partial charge in [0.2, 0.25) is 0 Å². The van der Waals surface area contributed by atoms with Crippen LogP contribution in [-0.4, -0.2) is 22.4 Å². The molecule has 0 amide bonds. The van der Waals surface area contributed by atoms with Crippen LogP contribution < -0.4 is 4.74 Å². The lowest BCUT2D eigenvalue weighted by atomic mass is 10.1. The molecule has 1 aromatic rings. The molecule has 0 unspecified atom stereocenters. The Morgan fingerprint density at radius 1 is 1.44 bits per heavy atom. The highest BCUT2D eigenvalue weighted by Gasteiger charge is 2.16. The zero-order valence-corrected chi connectivity index (χ0v) is 9.70. The van der Waals surface area contributed by atoms with E-state index in [2.05, 4.69) is 0 Å². The van der Waals surface area contributed by atoms with Gasteiger partial charge in [-0.25, -0.2) is 4.39 Å². The smallest absolute Gasteiger partial charge is 0.125 e. The number of rotatable bonds is 4. The number of hydrogen-bond donors (Lipinski definition) is 2. The molecule has 0 heterocycles. The molecule has 1 atom stereocenters. The van der Waals surface area contributed by atoms with Crippen LogP contribution in [0.3, 0.4) is 0 Å². The van der Waals surface area contributed by atoms with Crippen molar-refractivity contribution in [1.29, 1.82) is 0 Å². The van der Waals surface area contributed by atoms with Gasteiger partial charge in [0.05, 0.1) is 11.7 Å². The van der Waals surface area contributed by atoms with Gasteiger partial charge in [0, 0.05) is 5.56 Å². The Bertz CT molecular complexity index is 356. The third-order valence-electron chi connectivity index (χ3n) is 2.00. The predicted octanol–water partition coefficient (Wildman–Crippen LogP) is 2.03. The zero-order chi connectivity index (χ0) is 12.3. The normalized spacial score (nSPS) is 13.6. The number of hydrogen-bond acceptors (Lipinski definition) is 3. The van der Waals surface area contributed by atoms with Crippen LogP contribution in [0.2, 0.25) is 0 Å². The molecule has 1 rings (SSSR count). The standard InChI is InChI=1S/C12H17FO3/c1-8(14)10-6-9(13)4-5-11(10)16-7-12(2,3)15/h4-6,8,14-15H,7H2,1-3H3/t8-/m0/s1. The lowest BCUT2D eigenvalue weighted by Gasteiger charge is -2.20. The summed E-state index contributed by atoms with van der Waals surface area (Å²) in [6.07, 6.45) is -0.812. The molecular formula is C12H17FO3. The third-order valence-corrected chi connectivity index (χ3v) is 2.00. The van der Waals surface area contributed by atoms with Gasteiger partial charge in [-0.05, 0) is 39.0 Å². The second-order valence-electron chi connectivity index (χ2n) is 4.46. The van der Waals surface area contributed by atoms with Crippen LogP contribution in [0.5, 0.6) is 5.75 Å². The molecule has 0 fully saturated rings. The fraction of sp³-hybridized carbons (Fsp3) is 0.500. The van der Waals surface area contributed by atoms with Crippen LogP contribution in [0.25, 0.3) is 0 Å². The minimum atomic E-state index is -0.968. The van der Waals surface area contributed by atoms with Crippen LogP contribution in [0, 0.1) is 5.82 Å². The highest BCUT2D eigenvalue weighted by Crippen LogP contribution is 2.26. The van der Waals surface area contributed by atoms with Gasteiger partial charge >= 0.3 is 0 Å². The van der Waals surface area contributed by atoms with Gasteiger partial charge in [0.15, 0.2) is 0 Å². The summed E-state index contributed by atoms with van der Waals surface area (Å²) in [5.74, 6) is -0.0370. The van der Waals surface area contributed by atoms with Crippen LogP contribution in [0.15, 0.2) is 18.2 Å². The van der Waals surface area contributed by atoms with E-state index in [1.807, 2.05) is 0 Å². The van der Waals surface area contributed by atoms with Crippen molar-refractivity contribution in [3.63, 3.8) is 0 Å². The Balaban J connectivity index is 2.87. The SMILES string of the molecule is C[C@H](O)c1cc(F)ccc1OCC(C)(C)O. The first-order valence-electron chi connectivity index (χ1n) is 5.12. The predicted molar refractivity (Wildman–Crippen MR) is 58.8 cm³/mol. The first-order valence-corrected chi connectivity index (χ1v) is 5.12. The van der Waals surface area contributed by atoms with Crippen LogP contribution >= 0.6 is 0 Å². The second kappa shape index (κ2) is 4.80. The Labute approximate surface area is 94.5 Å². The summed E-state index contributed by atoms with van der Waals surface area (Å²) in [4.78, 5) is 0. The van der Waals surface area contributed by atoms with E-state index in [0.29, 0.717) is 11.3 Å². The summed E-state index contributed by atoms with van der Waals surface area (Å²) < 4.78 is 18.3. The molecule has 4 heteroatoms. The van der Waals surface area contributed by atoms with E-state index >= 15 is 0 Å². The first kappa shape index (κ1) is 12.9. The van der Waals surface area contributed by atoms with Gasteiger partial charge in [-0.15, -0.1) is 0 Å². The van der Waals surface area contributed by atoms with Crippen molar-refractivity contribution in [1.82, 2.24) is 0 Å². The minimum Gasteiger partial charge on any atom is -0.490 e. The van der Waals surface area contributed by atoms with Crippen molar-refractivity contribution in [3.05, 3.63) is 29.6 Å². The number of aliphatic hydroxyl groups is 2. The quantitative estimate of drug-likeness (QED) is 0.829. The van der Waals surface area contributed by atoms with E-state index in [0.717, 1.165) is 0 Å². The molecule has 1 aromatic carbocycles. The van der Waals surface area contributed by atoms with Gasteiger partial charge in [-0.3, -0.25) is 0 Å². The minimum absolute atomic E-state index is 0.0817. The molecule has 90 valence electrons. The topological polar surface area (TPSA) is 49.7 Å². The molecule has 0 saturated carbocycles. The maximum Gasteiger partial charge on any atom is 0.125 e. The molecule has 0 radical (unpaired) electrons. The molecule has 0 aliphatic heterocycles. The van der Waals surface area contributed by atoms with Crippen molar-refractivity contribution < 1.29 is 19.3 Å². The molecule has 16 heavy (non-hydrogen) atoms. The van der Waals surface area contributed by atoms with Crippen molar-refractivity contribution in [3.8, 4) is 5.75 Å². The van der Waals surface area contributed by atoms with Crippen molar-refractivity contribution in [2.75, 3.05) is 6.61 Å². The van der Waals surface area contributed by atoms with Crippen molar-refractivity contribution >= 4 is 0 Å². The maximum absolute atomic E-state index is 13.0. The first-order chi connectivity index (χ1) is 7.29. The molecule has 2 N–H and O–H groups in total. The van der Waals surface area contributed by atoms with E-state index in [4.69, 9.17) is 4.74 Å². The van der Waals surface area contributed by atoms with Gasteiger partial charge in [0.25, 0.3) is 0 Å². The van der Waals surface area contributed by atoms with E-state index in [1.165, 1.54) is 25.1 Å². The van der Waals surface area contributed by atoms with Crippen LogP contribution in [-0.2, 0) is 0 Å². The molecule has 0 aliphatic carbocycles. The number of ether oxygens (including phenoxy) is 1. The zero-order valence-electron chi connectivity index (χ0n) is 9.70. The average molecular weight is 228 g/mol. The molecular weight excluding hydrogens is 211 g/mol. The number of halogens is 1. The van der Waals surface area contributed by atoms with Gasteiger partial charge < -0.3 is 14.9 Å². The summed E-state index contributed by atoms with van der Waals surface area (Å²) in [6.45, 7) is 4.83. The third kappa shape index (κ3) is 3.79. The Kier molecular flexibility index (Phi) is 3.88. The van der Waals surface area contributed by atoms with Crippen molar-refractivity contribution in [2.24, 2.45) is 0 Å². The summed E-state index contributed by atoms with van der Waals surface area (Å²) in [6, 6.07) is 3.93. The van der Waals surface area contributed by atoms with E-state index in [1.54, 1.807) is 13.8 Å². The van der Waals surface area contributed by atoms with Gasteiger partial charge in [-0.2, -0.15) is 0 Å². The summed E-state index contributed by atoms with van der Waals surface area (Å²) >= 11 is 0. The summed E-state index contributed by atoms with van der Waals surface area (Å²) in [7, 11) is 0. The highest BCUT2D eigenvalue weighted by molar-refractivity contribution is 5.35. The van der Waals surface area contributed by atoms with Crippen LogP contribution in [0.1, 0.15) is 32.4 Å². The lowest BCUT2D eigenvalue weighted by Crippen LogP contribution is -2.28. The Morgan fingerprint density at radius 2 is 2.06 bits per heavy atom. The number of aliphatic hydroxyl groups excluding tert-OH is 1. The van der Waals surface area contributed by atoms with Gasteiger partial charge in [-0.1, -0.05) is 0 Å². The molecule has 0 saturated heterocycles. The van der Waals surface area contributed by atoms with E-state index in [-0.39, 0.29) is 6.61 Å². The monoisotopic (exact) mass is 228 g/mol. The lowest BCUT2D eigenvalue weighted by molar-refractivity contribution is 0.0272. The molecule has 3 nitrogen and oxygen atoms in total. The highest BCUT2D eigenvalue weighted by atomic mass is 19.1. The maximum atomic E-state index is 13.0. The Hall–Kier alpha value is -1.13. The fourth-order valence-corrected chi connectivity index (χ4v) is 1.23. The van der Waals surface area contributed by atoms with Crippen LogP contribution in [0.4, 0.5) is 4.39 Å². The Morgan fingerprint density at radius 3 is 2.56 bits per heavy atom. The van der Waals surface area contributed by atoms with E-state index in [9.17, 15) is 14.6 Å². The molecule has 0 spiro atoms. The van der Waals surface area contributed by atoms with E-state index < -0.39 is 17.5 Å². The van der Waals surface area contributed by atoms with Gasteiger partial charge in [0.1, 0.15) is 18.2 Å². The molecule has 0 aliphatic rings.